The molecule has 3 heteroatoms. The first-order valence-electron chi connectivity index (χ1n) is 6.10. The number of hydrogen-bond donors (Lipinski definition) is 1. The van der Waals surface area contributed by atoms with Crippen molar-refractivity contribution in [2.75, 3.05) is 0 Å². The summed E-state index contributed by atoms with van der Waals surface area (Å²) in [5.41, 5.74) is 8.87. The molecular weight excluding hydrogens is 232 g/mol. The molecule has 1 aliphatic carbocycles. The van der Waals surface area contributed by atoms with Crippen LogP contribution in [0.4, 0.5) is 0 Å². The zero-order chi connectivity index (χ0) is 12.0. The molecule has 0 aliphatic heterocycles. The molecule has 1 aliphatic rings. The Bertz CT molecular complexity index is 567. The van der Waals surface area contributed by atoms with E-state index in [-0.39, 0.29) is 5.54 Å². The van der Waals surface area contributed by atoms with Crippen LogP contribution in [0.3, 0.4) is 0 Å². The van der Waals surface area contributed by atoms with Gasteiger partial charge in [-0.3, -0.25) is 0 Å². The fourth-order valence-electron chi connectivity index (χ4n) is 2.44. The van der Waals surface area contributed by atoms with Crippen molar-refractivity contribution in [1.29, 1.82) is 0 Å². The van der Waals surface area contributed by atoms with Crippen molar-refractivity contribution in [1.82, 2.24) is 4.57 Å². The third-order valence-corrected chi connectivity index (χ3v) is 4.05. The maximum absolute atomic E-state index is 6.14. The Morgan fingerprint density at radius 1 is 1.41 bits per heavy atom. The minimum atomic E-state index is 0.126. The quantitative estimate of drug-likeness (QED) is 0.888. The number of hydrogen-bond acceptors (Lipinski definition) is 1. The Hall–Kier alpha value is -0.990. The van der Waals surface area contributed by atoms with Gasteiger partial charge in [0.1, 0.15) is 0 Å². The average Bonchev–Trinajstić information content (AvgIpc) is 2.94. The van der Waals surface area contributed by atoms with Crippen LogP contribution in [0.1, 0.15) is 24.8 Å². The number of aromatic nitrogens is 1. The van der Waals surface area contributed by atoms with E-state index in [9.17, 15) is 0 Å². The fourth-order valence-corrected chi connectivity index (χ4v) is 2.61. The number of rotatable bonds is 3. The van der Waals surface area contributed by atoms with Crippen molar-refractivity contribution < 1.29 is 0 Å². The van der Waals surface area contributed by atoms with E-state index in [4.69, 9.17) is 17.3 Å². The molecule has 1 aromatic heterocycles. The van der Waals surface area contributed by atoms with E-state index in [2.05, 4.69) is 29.9 Å². The van der Waals surface area contributed by atoms with Gasteiger partial charge in [0.15, 0.2) is 0 Å². The molecule has 1 heterocycles. The first-order chi connectivity index (χ1) is 8.07. The molecule has 1 aromatic carbocycles. The van der Waals surface area contributed by atoms with Gasteiger partial charge in [0.05, 0.1) is 0 Å². The van der Waals surface area contributed by atoms with E-state index in [1.165, 1.54) is 29.3 Å². The zero-order valence-electron chi connectivity index (χ0n) is 10.0. The molecule has 2 N–H and O–H groups in total. The molecule has 2 nitrogen and oxygen atoms in total. The van der Waals surface area contributed by atoms with E-state index in [0.717, 1.165) is 17.9 Å². The molecule has 17 heavy (non-hydrogen) atoms. The fraction of sp³-hybridized carbons (Fsp3) is 0.429. The smallest absolute Gasteiger partial charge is 0.0481 e. The number of fused-ring (bicyclic) bond motifs is 1. The number of nitrogens with two attached hydrogens (primary N) is 1. The first kappa shape index (κ1) is 11.1. The van der Waals surface area contributed by atoms with Gasteiger partial charge >= 0.3 is 0 Å². The number of aryl methyl sites for hydroxylation is 2. The largest absolute Gasteiger partial charge is 0.350 e. The Kier molecular flexibility index (Phi) is 2.46. The van der Waals surface area contributed by atoms with E-state index in [0.29, 0.717) is 0 Å². The van der Waals surface area contributed by atoms with Crippen molar-refractivity contribution in [3.8, 4) is 0 Å². The van der Waals surface area contributed by atoms with Gasteiger partial charge in [0.25, 0.3) is 0 Å². The normalized spacial score (nSPS) is 17.6. The van der Waals surface area contributed by atoms with Crippen LogP contribution in [-0.2, 0) is 13.5 Å². The highest BCUT2D eigenvalue weighted by atomic mass is 35.5. The molecule has 0 amide bonds. The van der Waals surface area contributed by atoms with Crippen molar-refractivity contribution in [3.05, 3.63) is 35.0 Å². The lowest BCUT2D eigenvalue weighted by molar-refractivity contribution is 0.610. The van der Waals surface area contributed by atoms with E-state index in [1.54, 1.807) is 0 Å². The summed E-state index contributed by atoms with van der Waals surface area (Å²) in [6.45, 7) is 0. The van der Waals surface area contributed by atoms with Crippen molar-refractivity contribution in [2.45, 2.75) is 31.2 Å². The molecule has 0 atom stereocenters. The minimum Gasteiger partial charge on any atom is -0.350 e. The lowest BCUT2D eigenvalue weighted by atomic mass is 10.0. The van der Waals surface area contributed by atoms with Crippen LogP contribution in [0.2, 0.25) is 5.02 Å². The van der Waals surface area contributed by atoms with Gasteiger partial charge in [-0.25, -0.2) is 0 Å². The summed E-state index contributed by atoms with van der Waals surface area (Å²) in [5, 5.41) is 2.07. The van der Waals surface area contributed by atoms with Gasteiger partial charge in [-0.05, 0) is 49.4 Å². The SMILES string of the molecule is Cn1cc(CCC2(N)CC2)c2cc(Cl)ccc21. The third kappa shape index (κ3) is 2.07. The van der Waals surface area contributed by atoms with E-state index < -0.39 is 0 Å². The monoisotopic (exact) mass is 248 g/mol. The molecule has 0 unspecified atom stereocenters. The van der Waals surface area contributed by atoms with Crippen molar-refractivity contribution in [2.24, 2.45) is 12.8 Å². The summed E-state index contributed by atoms with van der Waals surface area (Å²) in [6.07, 6.45) is 6.69. The van der Waals surface area contributed by atoms with E-state index >= 15 is 0 Å². The molecule has 0 radical (unpaired) electrons. The van der Waals surface area contributed by atoms with Crippen LogP contribution in [0.15, 0.2) is 24.4 Å². The Balaban J connectivity index is 1.95. The Morgan fingerprint density at radius 3 is 2.88 bits per heavy atom. The molecule has 0 saturated heterocycles. The number of halogens is 1. The standard InChI is InChI=1S/C14H17ClN2/c1-17-9-10(4-5-14(16)6-7-14)12-8-11(15)2-3-13(12)17/h2-3,8-9H,4-7,16H2,1H3. The highest BCUT2D eigenvalue weighted by Crippen LogP contribution is 2.37. The lowest BCUT2D eigenvalue weighted by Crippen LogP contribution is -2.21. The second-order valence-electron chi connectivity index (χ2n) is 5.29. The van der Waals surface area contributed by atoms with Crippen LogP contribution in [-0.4, -0.2) is 10.1 Å². The molecule has 0 spiro atoms. The summed E-state index contributed by atoms with van der Waals surface area (Å²) >= 11 is 6.07. The number of nitrogens with zero attached hydrogens (tertiary/aromatic N) is 1. The summed E-state index contributed by atoms with van der Waals surface area (Å²) in [6, 6.07) is 6.08. The molecule has 90 valence electrons. The maximum Gasteiger partial charge on any atom is 0.0481 e. The van der Waals surface area contributed by atoms with Gasteiger partial charge < -0.3 is 10.3 Å². The second kappa shape index (κ2) is 3.76. The maximum atomic E-state index is 6.14. The predicted molar refractivity (Wildman–Crippen MR) is 72.4 cm³/mol. The summed E-state index contributed by atoms with van der Waals surface area (Å²) in [7, 11) is 2.08. The van der Waals surface area contributed by atoms with Crippen LogP contribution in [0, 0.1) is 0 Å². The highest BCUT2D eigenvalue weighted by Gasteiger charge is 2.37. The third-order valence-electron chi connectivity index (χ3n) is 3.82. The molecule has 1 fully saturated rings. The van der Waals surface area contributed by atoms with Crippen LogP contribution in [0.25, 0.3) is 10.9 Å². The molecular formula is C14H17ClN2. The van der Waals surface area contributed by atoms with Gasteiger partial charge in [-0.1, -0.05) is 11.6 Å². The van der Waals surface area contributed by atoms with E-state index in [1.807, 2.05) is 6.07 Å². The van der Waals surface area contributed by atoms with Gasteiger partial charge in [-0.15, -0.1) is 0 Å². The van der Waals surface area contributed by atoms with Gasteiger partial charge in [0.2, 0.25) is 0 Å². The predicted octanol–water partition coefficient (Wildman–Crippen LogP) is 3.26. The summed E-state index contributed by atoms with van der Waals surface area (Å²) < 4.78 is 2.16. The van der Waals surface area contributed by atoms with Crippen molar-refractivity contribution >= 4 is 22.5 Å². The zero-order valence-corrected chi connectivity index (χ0v) is 10.8. The Labute approximate surface area is 106 Å². The van der Waals surface area contributed by atoms with Crippen LogP contribution in [0.5, 0.6) is 0 Å². The molecule has 2 aromatic rings. The molecule has 3 rings (SSSR count). The average molecular weight is 249 g/mol. The van der Waals surface area contributed by atoms with Gasteiger partial charge in [0, 0.05) is 34.7 Å². The number of benzene rings is 1. The Morgan fingerprint density at radius 2 is 2.18 bits per heavy atom. The van der Waals surface area contributed by atoms with Crippen LogP contribution < -0.4 is 5.73 Å². The topological polar surface area (TPSA) is 30.9 Å². The summed E-state index contributed by atoms with van der Waals surface area (Å²) in [5.74, 6) is 0. The molecule has 0 bridgehead atoms. The lowest BCUT2D eigenvalue weighted by Gasteiger charge is -2.06. The summed E-state index contributed by atoms with van der Waals surface area (Å²) in [4.78, 5) is 0. The van der Waals surface area contributed by atoms with Crippen LogP contribution >= 0.6 is 11.6 Å². The second-order valence-corrected chi connectivity index (χ2v) is 5.73. The highest BCUT2D eigenvalue weighted by molar-refractivity contribution is 6.31. The first-order valence-corrected chi connectivity index (χ1v) is 6.48. The molecule has 1 saturated carbocycles. The van der Waals surface area contributed by atoms with Gasteiger partial charge in [-0.2, -0.15) is 0 Å². The van der Waals surface area contributed by atoms with Crippen molar-refractivity contribution in [3.63, 3.8) is 0 Å². The minimum absolute atomic E-state index is 0.126.